The fraction of sp³-hybridized carbons (Fsp3) is 0.167. The van der Waals surface area contributed by atoms with Crippen LogP contribution in [-0.2, 0) is 0 Å². The zero-order valence-electron chi connectivity index (χ0n) is 9.01. The first-order valence-corrected chi connectivity index (χ1v) is 7.32. The van der Waals surface area contributed by atoms with Crippen molar-refractivity contribution in [2.75, 3.05) is 0 Å². The Bertz CT molecular complexity index is 553. The van der Waals surface area contributed by atoms with Crippen LogP contribution in [0.2, 0.25) is 8.67 Å². The SMILES string of the molecule is Cc1cc(Br)ccc1C(N)c1cc(Cl)sc1Cl. The predicted molar refractivity (Wildman–Crippen MR) is 79.2 cm³/mol. The van der Waals surface area contributed by atoms with E-state index < -0.39 is 0 Å². The first-order valence-electron chi connectivity index (χ1n) is 4.95. The third-order valence-electron chi connectivity index (χ3n) is 2.59. The molecule has 1 heterocycles. The molecule has 1 aromatic carbocycles. The minimum atomic E-state index is -0.237. The van der Waals surface area contributed by atoms with E-state index in [-0.39, 0.29) is 6.04 Å². The summed E-state index contributed by atoms with van der Waals surface area (Å²) in [4.78, 5) is 0. The molecule has 2 N–H and O–H groups in total. The molecule has 1 aromatic heterocycles. The van der Waals surface area contributed by atoms with Gasteiger partial charge in [-0.15, -0.1) is 11.3 Å². The number of halogens is 3. The number of benzene rings is 1. The second-order valence-corrected chi connectivity index (χ2v) is 6.96. The summed E-state index contributed by atoms with van der Waals surface area (Å²) in [6.07, 6.45) is 0. The molecule has 17 heavy (non-hydrogen) atoms. The normalized spacial score (nSPS) is 12.8. The van der Waals surface area contributed by atoms with E-state index in [1.54, 1.807) is 0 Å². The summed E-state index contributed by atoms with van der Waals surface area (Å²) in [5, 5.41) is 0. The number of hydrogen-bond acceptors (Lipinski definition) is 2. The van der Waals surface area contributed by atoms with E-state index in [1.807, 2.05) is 31.2 Å². The Morgan fingerprint density at radius 3 is 2.47 bits per heavy atom. The highest BCUT2D eigenvalue weighted by Crippen LogP contribution is 2.37. The van der Waals surface area contributed by atoms with E-state index in [4.69, 9.17) is 28.9 Å². The van der Waals surface area contributed by atoms with Crippen molar-refractivity contribution in [2.24, 2.45) is 5.73 Å². The van der Waals surface area contributed by atoms with Crippen molar-refractivity contribution in [3.63, 3.8) is 0 Å². The maximum absolute atomic E-state index is 6.23. The molecule has 0 fully saturated rings. The topological polar surface area (TPSA) is 26.0 Å². The lowest BCUT2D eigenvalue weighted by molar-refractivity contribution is 0.866. The summed E-state index contributed by atoms with van der Waals surface area (Å²) < 4.78 is 2.36. The van der Waals surface area contributed by atoms with Crippen LogP contribution in [0.25, 0.3) is 0 Å². The molecular weight excluding hydrogens is 341 g/mol. The highest BCUT2D eigenvalue weighted by atomic mass is 79.9. The van der Waals surface area contributed by atoms with E-state index in [9.17, 15) is 0 Å². The molecule has 0 aliphatic rings. The molecule has 1 unspecified atom stereocenters. The van der Waals surface area contributed by atoms with Crippen LogP contribution in [0.1, 0.15) is 22.7 Å². The molecule has 1 nitrogen and oxygen atoms in total. The van der Waals surface area contributed by atoms with Crippen molar-refractivity contribution in [3.8, 4) is 0 Å². The Kier molecular flexibility index (Phi) is 4.16. The fourth-order valence-electron chi connectivity index (χ4n) is 1.72. The molecule has 90 valence electrons. The van der Waals surface area contributed by atoms with Gasteiger partial charge in [0.1, 0.15) is 0 Å². The summed E-state index contributed by atoms with van der Waals surface area (Å²) in [6.45, 7) is 2.03. The Morgan fingerprint density at radius 2 is 1.94 bits per heavy atom. The van der Waals surface area contributed by atoms with Gasteiger partial charge in [0.15, 0.2) is 0 Å². The summed E-state index contributed by atoms with van der Waals surface area (Å²) in [5.41, 5.74) is 9.30. The zero-order chi connectivity index (χ0) is 12.6. The lowest BCUT2D eigenvalue weighted by atomic mass is 9.98. The molecule has 0 saturated heterocycles. The maximum Gasteiger partial charge on any atom is 0.0995 e. The van der Waals surface area contributed by atoms with Crippen LogP contribution in [0.3, 0.4) is 0 Å². The van der Waals surface area contributed by atoms with E-state index in [0.717, 1.165) is 21.2 Å². The van der Waals surface area contributed by atoms with Gasteiger partial charge in [-0.25, -0.2) is 0 Å². The smallest absolute Gasteiger partial charge is 0.0995 e. The Balaban J connectivity index is 2.43. The van der Waals surface area contributed by atoms with Crippen LogP contribution in [0.5, 0.6) is 0 Å². The van der Waals surface area contributed by atoms with Gasteiger partial charge in [-0.2, -0.15) is 0 Å². The van der Waals surface area contributed by atoms with Gasteiger partial charge in [-0.1, -0.05) is 45.2 Å². The number of nitrogens with two attached hydrogens (primary N) is 1. The van der Waals surface area contributed by atoms with Crippen molar-refractivity contribution in [2.45, 2.75) is 13.0 Å². The van der Waals surface area contributed by atoms with Crippen LogP contribution in [0.15, 0.2) is 28.7 Å². The average Bonchev–Trinajstić information content (AvgIpc) is 2.57. The lowest BCUT2D eigenvalue weighted by Crippen LogP contribution is -2.12. The Labute approximate surface area is 123 Å². The van der Waals surface area contributed by atoms with E-state index in [1.165, 1.54) is 11.3 Å². The first kappa shape index (κ1) is 13.4. The second kappa shape index (κ2) is 5.29. The van der Waals surface area contributed by atoms with Gasteiger partial charge in [-0.3, -0.25) is 0 Å². The second-order valence-electron chi connectivity index (χ2n) is 3.76. The minimum Gasteiger partial charge on any atom is -0.320 e. The largest absolute Gasteiger partial charge is 0.320 e. The van der Waals surface area contributed by atoms with Gasteiger partial charge in [0.05, 0.1) is 14.7 Å². The zero-order valence-corrected chi connectivity index (χ0v) is 12.9. The van der Waals surface area contributed by atoms with Crippen LogP contribution < -0.4 is 5.73 Å². The van der Waals surface area contributed by atoms with Crippen LogP contribution in [-0.4, -0.2) is 0 Å². The predicted octanol–water partition coefficient (Wildman–Crippen LogP) is 5.17. The van der Waals surface area contributed by atoms with Gasteiger partial charge in [0.2, 0.25) is 0 Å². The Morgan fingerprint density at radius 1 is 1.24 bits per heavy atom. The van der Waals surface area contributed by atoms with Gasteiger partial charge >= 0.3 is 0 Å². The Hall–Kier alpha value is -0.0600. The first-order chi connectivity index (χ1) is 7.99. The molecule has 2 rings (SSSR count). The molecule has 0 aliphatic carbocycles. The molecular formula is C12H10BrCl2NS. The number of hydrogen-bond donors (Lipinski definition) is 1. The van der Waals surface area contributed by atoms with E-state index in [0.29, 0.717) is 8.67 Å². The van der Waals surface area contributed by atoms with Gasteiger partial charge in [0, 0.05) is 10.0 Å². The van der Waals surface area contributed by atoms with Gasteiger partial charge in [-0.05, 0) is 36.2 Å². The molecule has 5 heteroatoms. The van der Waals surface area contributed by atoms with Crippen molar-refractivity contribution in [1.82, 2.24) is 0 Å². The summed E-state index contributed by atoms with van der Waals surface area (Å²) >= 11 is 16.8. The highest BCUT2D eigenvalue weighted by Gasteiger charge is 2.17. The van der Waals surface area contributed by atoms with Crippen molar-refractivity contribution in [3.05, 3.63) is 54.1 Å². The number of rotatable bonds is 2. The maximum atomic E-state index is 6.23. The number of aryl methyl sites for hydroxylation is 1. The van der Waals surface area contributed by atoms with Gasteiger partial charge in [0.25, 0.3) is 0 Å². The average molecular weight is 351 g/mol. The van der Waals surface area contributed by atoms with Crippen LogP contribution in [0.4, 0.5) is 0 Å². The lowest BCUT2D eigenvalue weighted by Gasteiger charge is -2.14. The summed E-state index contributed by atoms with van der Waals surface area (Å²) in [5.74, 6) is 0. The third kappa shape index (κ3) is 2.85. The molecule has 0 amide bonds. The van der Waals surface area contributed by atoms with Crippen molar-refractivity contribution < 1.29 is 0 Å². The monoisotopic (exact) mass is 349 g/mol. The highest BCUT2D eigenvalue weighted by molar-refractivity contribution is 9.10. The molecule has 0 radical (unpaired) electrons. The summed E-state index contributed by atoms with van der Waals surface area (Å²) in [6, 6.07) is 7.62. The van der Waals surface area contributed by atoms with Crippen LogP contribution in [0, 0.1) is 6.92 Å². The van der Waals surface area contributed by atoms with Crippen molar-refractivity contribution in [1.29, 1.82) is 0 Å². The molecule has 0 saturated carbocycles. The van der Waals surface area contributed by atoms with Crippen LogP contribution >= 0.6 is 50.5 Å². The number of thiophene rings is 1. The summed E-state index contributed by atoms with van der Waals surface area (Å²) in [7, 11) is 0. The molecule has 1 atom stereocenters. The fourth-order valence-corrected chi connectivity index (χ4v) is 3.75. The van der Waals surface area contributed by atoms with Gasteiger partial charge < -0.3 is 5.73 Å². The minimum absolute atomic E-state index is 0.237. The third-order valence-corrected chi connectivity index (χ3v) is 4.60. The van der Waals surface area contributed by atoms with Crippen molar-refractivity contribution >= 4 is 50.5 Å². The molecule has 0 spiro atoms. The van der Waals surface area contributed by atoms with E-state index in [2.05, 4.69) is 15.9 Å². The molecule has 2 aromatic rings. The molecule has 0 bridgehead atoms. The quantitative estimate of drug-likeness (QED) is 0.793. The molecule has 0 aliphatic heterocycles. The van der Waals surface area contributed by atoms with E-state index >= 15 is 0 Å². The standard InChI is InChI=1S/C12H10BrCl2NS/c1-6-4-7(13)2-3-8(6)11(16)9-5-10(14)17-12(9)15/h2-5,11H,16H2,1H3.